The fourth-order valence-corrected chi connectivity index (χ4v) is 1.89. The highest BCUT2D eigenvalue weighted by Crippen LogP contribution is 2.02. The van der Waals surface area contributed by atoms with E-state index in [-0.39, 0.29) is 0 Å². The van der Waals surface area contributed by atoms with E-state index in [0.717, 1.165) is 39.3 Å². The first-order valence-electron chi connectivity index (χ1n) is 6.74. The van der Waals surface area contributed by atoms with Gasteiger partial charge in [0.15, 0.2) is 0 Å². The van der Waals surface area contributed by atoms with E-state index in [1.54, 1.807) is 7.11 Å². The van der Waals surface area contributed by atoms with E-state index in [4.69, 9.17) is 4.74 Å². The van der Waals surface area contributed by atoms with Gasteiger partial charge in [-0.25, -0.2) is 0 Å². The molecule has 0 radical (unpaired) electrons. The Morgan fingerprint density at radius 2 is 1.82 bits per heavy atom. The Hall–Kier alpha value is -0.160. The van der Waals surface area contributed by atoms with Crippen molar-refractivity contribution in [2.45, 2.75) is 26.3 Å². The lowest BCUT2D eigenvalue weighted by atomic mass is 10.2. The van der Waals surface area contributed by atoms with Crippen LogP contribution < -0.4 is 5.32 Å². The summed E-state index contributed by atoms with van der Waals surface area (Å²) in [5.41, 5.74) is 0. The quantitative estimate of drug-likeness (QED) is 0.585. The number of ether oxygens (including phenoxy) is 1. The highest BCUT2D eigenvalue weighted by Gasteiger charge is 2.17. The molecule has 0 rings (SSSR count). The minimum absolute atomic E-state index is 0.486. The van der Waals surface area contributed by atoms with Crippen molar-refractivity contribution >= 4 is 0 Å². The standard InChI is InChI=1S/C13H31N3O/c1-6-8-16(10-9-15(3)4)13(12-17-5)11-14-7-2/h13-14H,6-12H2,1-5H3. The maximum Gasteiger partial charge on any atom is 0.0630 e. The van der Waals surface area contributed by atoms with Crippen LogP contribution in [0.15, 0.2) is 0 Å². The molecule has 0 aromatic rings. The third-order valence-corrected chi connectivity index (χ3v) is 2.85. The maximum absolute atomic E-state index is 5.34. The van der Waals surface area contributed by atoms with E-state index in [1.807, 2.05) is 0 Å². The van der Waals surface area contributed by atoms with Crippen LogP contribution >= 0.6 is 0 Å². The molecule has 1 unspecified atom stereocenters. The summed E-state index contributed by atoms with van der Waals surface area (Å²) in [6, 6.07) is 0.486. The molecule has 0 fully saturated rings. The van der Waals surface area contributed by atoms with Gasteiger partial charge in [0, 0.05) is 32.8 Å². The van der Waals surface area contributed by atoms with Crippen molar-refractivity contribution in [3.8, 4) is 0 Å². The van der Waals surface area contributed by atoms with Crippen molar-refractivity contribution < 1.29 is 4.74 Å². The molecule has 0 amide bonds. The van der Waals surface area contributed by atoms with Gasteiger partial charge in [0.2, 0.25) is 0 Å². The van der Waals surface area contributed by atoms with Crippen LogP contribution in [0.1, 0.15) is 20.3 Å². The summed E-state index contributed by atoms with van der Waals surface area (Å²) in [4.78, 5) is 4.77. The lowest BCUT2D eigenvalue weighted by Crippen LogP contribution is -2.47. The normalized spacial score (nSPS) is 13.6. The number of hydrogen-bond acceptors (Lipinski definition) is 4. The van der Waals surface area contributed by atoms with Gasteiger partial charge < -0.3 is 15.0 Å². The fourth-order valence-electron chi connectivity index (χ4n) is 1.89. The van der Waals surface area contributed by atoms with Gasteiger partial charge in [-0.15, -0.1) is 0 Å². The molecule has 0 aliphatic carbocycles. The van der Waals surface area contributed by atoms with Crippen LogP contribution in [-0.2, 0) is 4.74 Å². The molecule has 0 saturated carbocycles. The van der Waals surface area contributed by atoms with E-state index in [2.05, 4.69) is 43.1 Å². The van der Waals surface area contributed by atoms with Crippen molar-refractivity contribution in [2.75, 3.05) is 60.5 Å². The van der Waals surface area contributed by atoms with Gasteiger partial charge in [0.05, 0.1) is 6.61 Å². The zero-order valence-corrected chi connectivity index (χ0v) is 12.3. The molecular formula is C13H31N3O. The predicted octanol–water partition coefficient (Wildman–Crippen LogP) is 0.885. The molecule has 1 N–H and O–H groups in total. The molecule has 0 aliphatic heterocycles. The number of methoxy groups -OCH3 is 1. The molecule has 104 valence electrons. The van der Waals surface area contributed by atoms with Gasteiger partial charge in [-0.2, -0.15) is 0 Å². The third-order valence-electron chi connectivity index (χ3n) is 2.85. The maximum atomic E-state index is 5.34. The van der Waals surface area contributed by atoms with E-state index < -0.39 is 0 Å². The molecule has 0 saturated heterocycles. The highest BCUT2D eigenvalue weighted by molar-refractivity contribution is 4.74. The van der Waals surface area contributed by atoms with Crippen LogP contribution in [-0.4, -0.2) is 76.4 Å². The second-order valence-corrected chi connectivity index (χ2v) is 4.76. The molecule has 4 heteroatoms. The second-order valence-electron chi connectivity index (χ2n) is 4.76. The number of nitrogens with zero attached hydrogens (tertiary/aromatic N) is 2. The topological polar surface area (TPSA) is 27.7 Å². The molecule has 0 heterocycles. The van der Waals surface area contributed by atoms with E-state index >= 15 is 0 Å². The Labute approximate surface area is 107 Å². The molecule has 1 atom stereocenters. The Kier molecular flexibility index (Phi) is 10.9. The number of rotatable bonds is 11. The molecule has 17 heavy (non-hydrogen) atoms. The van der Waals surface area contributed by atoms with Crippen LogP contribution in [0.4, 0.5) is 0 Å². The zero-order chi connectivity index (χ0) is 13.1. The average molecular weight is 245 g/mol. The van der Waals surface area contributed by atoms with Crippen LogP contribution in [0.2, 0.25) is 0 Å². The minimum Gasteiger partial charge on any atom is -0.383 e. The second kappa shape index (κ2) is 11.0. The lowest BCUT2D eigenvalue weighted by Gasteiger charge is -2.32. The predicted molar refractivity (Wildman–Crippen MR) is 74.6 cm³/mol. The van der Waals surface area contributed by atoms with Crippen molar-refractivity contribution in [3.63, 3.8) is 0 Å². The molecule has 0 aromatic heterocycles. The van der Waals surface area contributed by atoms with Gasteiger partial charge in [0.25, 0.3) is 0 Å². The molecular weight excluding hydrogens is 214 g/mol. The number of hydrogen-bond donors (Lipinski definition) is 1. The van der Waals surface area contributed by atoms with Crippen LogP contribution in [0.3, 0.4) is 0 Å². The van der Waals surface area contributed by atoms with Crippen molar-refractivity contribution in [2.24, 2.45) is 0 Å². The van der Waals surface area contributed by atoms with Gasteiger partial charge in [0.1, 0.15) is 0 Å². The molecule has 0 aromatic carbocycles. The van der Waals surface area contributed by atoms with Crippen molar-refractivity contribution in [1.82, 2.24) is 15.1 Å². The molecule has 0 aliphatic rings. The summed E-state index contributed by atoms with van der Waals surface area (Å²) in [5, 5.41) is 3.42. The zero-order valence-electron chi connectivity index (χ0n) is 12.3. The minimum atomic E-state index is 0.486. The first-order chi connectivity index (χ1) is 8.15. The summed E-state index contributed by atoms with van der Waals surface area (Å²) >= 11 is 0. The third kappa shape index (κ3) is 8.55. The van der Waals surface area contributed by atoms with E-state index in [9.17, 15) is 0 Å². The van der Waals surface area contributed by atoms with Gasteiger partial charge >= 0.3 is 0 Å². The molecule has 4 nitrogen and oxygen atoms in total. The summed E-state index contributed by atoms with van der Waals surface area (Å²) < 4.78 is 5.34. The number of likely N-dealkylation sites (N-methyl/N-ethyl adjacent to an activating group) is 2. The summed E-state index contributed by atoms with van der Waals surface area (Å²) in [7, 11) is 6.04. The van der Waals surface area contributed by atoms with Crippen molar-refractivity contribution in [3.05, 3.63) is 0 Å². The molecule has 0 spiro atoms. The summed E-state index contributed by atoms with van der Waals surface area (Å²) in [5.74, 6) is 0. The Morgan fingerprint density at radius 3 is 2.29 bits per heavy atom. The molecule has 0 bridgehead atoms. The van der Waals surface area contributed by atoms with Crippen LogP contribution in [0, 0.1) is 0 Å². The fraction of sp³-hybridized carbons (Fsp3) is 1.00. The first-order valence-corrected chi connectivity index (χ1v) is 6.74. The van der Waals surface area contributed by atoms with E-state index in [0.29, 0.717) is 6.04 Å². The van der Waals surface area contributed by atoms with Gasteiger partial charge in [-0.1, -0.05) is 13.8 Å². The monoisotopic (exact) mass is 245 g/mol. The Morgan fingerprint density at radius 1 is 1.12 bits per heavy atom. The largest absolute Gasteiger partial charge is 0.383 e. The van der Waals surface area contributed by atoms with Crippen LogP contribution in [0.5, 0.6) is 0 Å². The lowest BCUT2D eigenvalue weighted by molar-refractivity contribution is 0.0846. The van der Waals surface area contributed by atoms with Gasteiger partial charge in [-0.05, 0) is 33.6 Å². The Bertz CT molecular complexity index is 165. The summed E-state index contributed by atoms with van der Waals surface area (Å²) in [6.45, 7) is 10.6. The first kappa shape index (κ1) is 16.8. The SMILES string of the molecule is CCCN(CCN(C)C)C(CNCC)COC. The van der Waals surface area contributed by atoms with E-state index in [1.165, 1.54) is 6.42 Å². The summed E-state index contributed by atoms with van der Waals surface area (Å²) in [6.07, 6.45) is 1.19. The highest BCUT2D eigenvalue weighted by atomic mass is 16.5. The smallest absolute Gasteiger partial charge is 0.0630 e. The van der Waals surface area contributed by atoms with Gasteiger partial charge in [-0.3, -0.25) is 4.90 Å². The van der Waals surface area contributed by atoms with Crippen molar-refractivity contribution in [1.29, 1.82) is 0 Å². The Balaban J connectivity index is 4.23. The van der Waals surface area contributed by atoms with Crippen LogP contribution in [0.25, 0.3) is 0 Å². The average Bonchev–Trinajstić information content (AvgIpc) is 2.30. The number of nitrogens with one attached hydrogen (secondary N) is 1.